The first-order valence-corrected chi connectivity index (χ1v) is 9.79. The zero-order valence-corrected chi connectivity index (χ0v) is 16.6. The Bertz CT molecular complexity index is 773. The van der Waals surface area contributed by atoms with Crippen molar-refractivity contribution in [3.8, 4) is 11.5 Å². The lowest BCUT2D eigenvalue weighted by Gasteiger charge is -2.05. The van der Waals surface area contributed by atoms with Gasteiger partial charge in [-0.15, -0.1) is 0 Å². The Morgan fingerprint density at radius 3 is 2.14 bits per heavy atom. The lowest BCUT2D eigenvalue weighted by molar-refractivity contribution is -0.134. The van der Waals surface area contributed by atoms with E-state index in [0.29, 0.717) is 17.7 Å². The van der Waals surface area contributed by atoms with Crippen LogP contribution in [0.25, 0.3) is 6.08 Å². The monoisotopic (exact) mass is 380 g/mol. The fourth-order valence-corrected chi connectivity index (χ4v) is 2.73. The van der Waals surface area contributed by atoms with E-state index in [4.69, 9.17) is 9.47 Å². The Hall–Kier alpha value is -2.88. The number of methoxy groups -OCH3 is 1. The van der Waals surface area contributed by atoms with Crippen LogP contribution in [0.15, 0.2) is 54.6 Å². The zero-order valence-electron chi connectivity index (χ0n) is 16.6. The first-order chi connectivity index (χ1) is 13.6. The van der Waals surface area contributed by atoms with Gasteiger partial charge in [0, 0.05) is 12.0 Å². The number of carbonyl (C=O) groups excluding carboxylic acids is 2. The maximum absolute atomic E-state index is 12.3. The van der Waals surface area contributed by atoms with Crippen LogP contribution in [-0.4, -0.2) is 18.9 Å². The smallest absolute Gasteiger partial charge is 0.311 e. The van der Waals surface area contributed by atoms with E-state index < -0.39 is 0 Å². The minimum atomic E-state index is -0.227. The van der Waals surface area contributed by atoms with Gasteiger partial charge in [0.2, 0.25) is 0 Å². The number of benzene rings is 2. The summed E-state index contributed by atoms with van der Waals surface area (Å²) in [6.07, 6.45) is 9.16. The highest BCUT2D eigenvalue weighted by Crippen LogP contribution is 2.16. The highest BCUT2D eigenvalue weighted by atomic mass is 16.5. The van der Waals surface area contributed by atoms with E-state index in [1.54, 1.807) is 37.5 Å². The van der Waals surface area contributed by atoms with Crippen LogP contribution < -0.4 is 9.47 Å². The van der Waals surface area contributed by atoms with Gasteiger partial charge in [-0.2, -0.15) is 0 Å². The van der Waals surface area contributed by atoms with E-state index in [1.165, 1.54) is 18.9 Å². The first-order valence-electron chi connectivity index (χ1n) is 9.79. The molecule has 4 heteroatoms. The van der Waals surface area contributed by atoms with Gasteiger partial charge in [0.25, 0.3) is 0 Å². The van der Waals surface area contributed by atoms with Gasteiger partial charge in [-0.25, -0.2) is 0 Å². The second kappa shape index (κ2) is 11.8. The van der Waals surface area contributed by atoms with E-state index in [-0.39, 0.29) is 11.8 Å². The van der Waals surface area contributed by atoms with Crippen LogP contribution in [0.2, 0.25) is 0 Å². The SMILES string of the molecule is CCCCCCCC(=O)Oc1ccc(C(=O)C=Cc2ccc(OC)cc2)cc1. The molecule has 0 unspecified atom stereocenters. The summed E-state index contributed by atoms with van der Waals surface area (Å²) in [6.45, 7) is 2.16. The summed E-state index contributed by atoms with van der Waals surface area (Å²) < 4.78 is 10.4. The van der Waals surface area contributed by atoms with E-state index in [0.717, 1.165) is 30.6 Å². The van der Waals surface area contributed by atoms with Crippen LogP contribution in [0.5, 0.6) is 11.5 Å². The molecule has 0 saturated heterocycles. The van der Waals surface area contributed by atoms with Crippen molar-refractivity contribution in [2.45, 2.75) is 45.4 Å². The summed E-state index contributed by atoms with van der Waals surface area (Å²) in [5, 5.41) is 0. The lowest BCUT2D eigenvalue weighted by atomic mass is 10.1. The number of hydrogen-bond donors (Lipinski definition) is 0. The van der Waals surface area contributed by atoms with Crippen molar-refractivity contribution in [2.24, 2.45) is 0 Å². The van der Waals surface area contributed by atoms with Gasteiger partial charge in [0.15, 0.2) is 5.78 Å². The Labute approximate surface area is 167 Å². The quantitative estimate of drug-likeness (QED) is 0.161. The lowest BCUT2D eigenvalue weighted by Crippen LogP contribution is -2.07. The molecule has 2 aromatic rings. The second-order valence-corrected chi connectivity index (χ2v) is 6.63. The molecule has 0 saturated carbocycles. The molecule has 0 heterocycles. The van der Waals surface area contributed by atoms with E-state index in [1.807, 2.05) is 24.3 Å². The van der Waals surface area contributed by atoms with Crippen molar-refractivity contribution in [1.29, 1.82) is 0 Å². The van der Waals surface area contributed by atoms with Crippen LogP contribution in [-0.2, 0) is 4.79 Å². The van der Waals surface area contributed by atoms with Crippen LogP contribution in [0.3, 0.4) is 0 Å². The molecule has 4 nitrogen and oxygen atoms in total. The fourth-order valence-electron chi connectivity index (χ4n) is 2.73. The van der Waals surface area contributed by atoms with Crippen molar-refractivity contribution in [3.63, 3.8) is 0 Å². The number of ether oxygens (including phenoxy) is 2. The van der Waals surface area contributed by atoms with Gasteiger partial charge >= 0.3 is 5.97 Å². The Balaban J connectivity index is 1.82. The van der Waals surface area contributed by atoms with Gasteiger partial charge in [-0.1, -0.05) is 50.8 Å². The van der Waals surface area contributed by atoms with E-state index >= 15 is 0 Å². The summed E-state index contributed by atoms with van der Waals surface area (Å²) in [5.74, 6) is 0.906. The second-order valence-electron chi connectivity index (χ2n) is 6.63. The average molecular weight is 380 g/mol. The molecule has 0 spiro atoms. The standard InChI is InChI=1S/C24H28O4/c1-3-4-5-6-7-8-24(26)28-22-16-12-20(13-17-22)23(25)18-11-19-9-14-21(27-2)15-10-19/h9-18H,3-8H2,1-2H3. The zero-order chi connectivity index (χ0) is 20.2. The summed E-state index contributed by atoms with van der Waals surface area (Å²) >= 11 is 0. The molecular weight excluding hydrogens is 352 g/mol. The minimum absolute atomic E-state index is 0.107. The average Bonchev–Trinajstić information content (AvgIpc) is 2.72. The number of allylic oxidation sites excluding steroid dienone is 1. The summed E-state index contributed by atoms with van der Waals surface area (Å²) in [6, 6.07) is 14.1. The number of esters is 1. The summed E-state index contributed by atoms with van der Waals surface area (Å²) in [5.41, 5.74) is 1.46. The van der Waals surface area contributed by atoms with Crippen molar-refractivity contribution in [3.05, 3.63) is 65.7 Å². The summed E-state index contributed by atoms with van der Waals surface area (Å²) in [7, 11) is 1.61. The predicted molar refractivity (Wildman–Crippen MR) is 112 cm³/mol. The van der Waals surface area contributed by atoms with Gasteiger partial charge < -0.3 is 9.47 Å². The molecule has 0 fully saturated rings. The number of carbonyl (C=O) groups is 2. The largest absolute Gasteiger partial charge is 0.497 e. The maximum Gasteiger partial charge on any atom is 0.311 e. The Kier molecular flexibility index (Phi) is 8.99. The molecule has 0 radical (unpaired) electrons. The Morgan fingerprint density at radius 1 is 0.857 bits per heavy atom. The first kappa shape index (κ1) is 21.4. The molecule has 0 bridgehead atoms. The molecule has 0 aliphatic heterocycles. The molecule has 0 aliphatic rings. The van der Waals surface area contributed by atoms with Crippen LogP contribution in [0.4, 0.5) is 0 Å². The highest BCUT2D eigenvalue weighted by molar-refractivity contribution is 6.06. The topological polar surface area (TPSA) is 52.6 Å². The van der Waals surface area contributed by atoms with Crippen molar-refractivity contribution < 1.29 is 19.1 Å². The van der Waals surface area contributed by atoms with Crippen molar-refractivity contribution in [2.75, 3.05) is 7.11 Å². The number of hydrogen-bond acceptors (Lipinski definition) is 4. The number of rotatable bonds is 11. The Morgan fingerprint density at radius 2 is 1.50 bits per heavy atom. The molecule has 0 amide bonds. The molecule has 28 heavy (non-hydrogen) atoms. The van der Waals surface area contributed by atoms with Crippen molar-refractivity contribution >= 4 is 17.8 Å². The third kappa shape index (κ3) is 7.39. The number of ketones is 1. The van der Waals surface area contributed by atoms with Gasteiger partial charge in [-0.3, -0.25) is 9.59 Å². The minimum Gasteiger partial charge on any atom is -0.497 e. The highest BCUT2D eigenvalue weighted by Gasteiger charge is 2.07. The fraction of sp³-hybridized carbons (Fsp3) is 0.333. The molecular formula is C24H28O4. The predicted octanol–water partition coefficient (Wildman–Crippen LogP) is 5.86. The maximum atomic E-state index is 12.3. The molecule has 2 aromatic carbocycles. The van der Waals surface area contributed by atoms with Gasteiger partial charge in [0.1, 0.15) is 11.5 Å². The van der Waals surface area contributed by atoms with E-state index in [2.05, 4.69) is 6.92 Å². The van der Waals surface area contributed by atoms with E-state index in [9.17, 15) is 9.59 Å². The third-order valence-electron chi connectivity index (χ3n) is 4.40. The van der Waals surface area contributed by atoms with Gasteiger partial charge in [-0.05, 0) is 54.5 Å². The molecule has 0 N–H and O–H groups in total. The molecule has 0 aromatic heterocycles. The normalized spacial score (nSPS) is 10.8. The summed E-state index contributed by atoms with van der Waals surface area (Å²) in [4.78, 5) is 24.1. The van der Waals surface area contributed by atoms with Crippen LogP contribution in [0, 0.1) is 0 Å². The molecule has 0 atom stereocenters. The van der Waals surface area contributed by atoms with Crippen LogP contribution in [0.1, 0.15) is 61.4 Å². The molecule has 148 valence electrons. The van der Waals surface area contributed by atoms with Crippen LogP contribution >= 0.6 is 0 Å². The van der Waals surface area contributed by atoms with Crippen molar-refractivity contribution in [1.82, 2.24) is 0 Å². The van der Waals surface area contributed by atoms with Gasteiger partial charge in [0.05, 0.1) is 7.11 Å². The third-order valence-corrected chi connectivity index (χ3v) is 4.40. The molecule has 0 aliphatic carbocycles. The molecule has 2 rings (SSSR count). The number of unbranched alkanes of at least 4 members (excludes halogenated alkanes) is 4.